The number of amides is 2. The lowest BCUT2D eigenvalue weighted by molar-refractivity contribution is -0.114. The average Bonchev–Trinajstić information content (AvgIpc) is 4.00. The molecule has 0 aliphatic carbocycles. The van der Waals surface area contributed by atoms with Gasteiger partial charge in [-0.25, -0.2) is 36.9 Å². The first-order chi connectivity index (χ1) is 29.3. The molecule has 23 nitrogen and oxygen atoms in total. The Morgan fingerprint density at radius 3 is 1.54 bits per heavy atom. The SMILES string of the molecule is Cn1nnnc1-n1c(OCc2cccc(NC(=O)CS(C)(=O)=O)n2)nc2ccccc21.Cn1nnnc1-n1c(OCc2cccc(NC(=O)CS(C)=O)n2)nc2ccccc21. The Bertz CT molecular complexity index is 3000. The minimum absolute atomic E-state index is 0.0460. The lowest BCUT2D eigenvalue weighted by Gasteiger charge is -2.09. The van der Waals surface area contributed by atoms with Gasteiger partial charge in [0, 0.05) is 37.4 Å². The molecule has 6 aromatic heterocycles. The number of sulfone groups is 1. The second-order valence-corrected chi connectivity index (χ2v) is 16.7. The van der Waals surface area contributed by atoms with E-state index < -0.39 is 32.3 Å². The number of para-hydroxylation sites is 4. The van der Waals surface area contributed by atoms with Crippen LogP contribution in [-0.4, -0.2) is 118 Å². The predicted octanol–water partition coefficient (Wildman–Crippen LogP) is 1.35. The maximum Gasteiger partial charge on any atom is 0.305 e. The number of carbonyl (C=O) groups is 2. The van der Waals surface area contributed by atoms with Crippen LogP contribution in [0.25, 0.3) is 34.0 Å². The van der Waals surface area contributed by atoms with Crippen molar-refractivity contribution in [3.05, 3.63) is 96.3 Å². The molecule has 8 aromatic rings. The van der Waals surface area contributed by atoms with E-state index in [1.807, 2.05) is 48.5 Å². The Hall–Kier alpha value is -7.54. The molecule has 0 bridgehead atoms. The van der Waals surface area contributed by atoms with Crippen molar-refractivity contribution in [3.63, 3.8) is 0 Å². The molecule has 6 heterocycles. The first-order valence-corrected chi connectivity index (χ1v) is 21.8. The van der Waals surface area contributed by atoms with Crippen molar-refractivity contribution in [3.8, 4) is 23.9 Å². The summed E-state index contributed by atoms with van der Waals surface area (Å²) < 4.78 is 52.0. The van der Waals surface area contributed by atoms with Gasteiger partial charge in [-0.2, -0.15) is 9.97 Å². The monoisotopic (exact) mass is 868 g/mol. The van der Waals surface area contributed by atoms with E-state index in [0.717, 1.165) is 22.8 Å². The van der Waals surface area contributed by atoms with Crippen LogP contribution >= 0.6 is 0 Å². The number of aryl methyl sites for hydroxylation is 2. The predicted molar refractivity (Wildman–Crippen MR) is 220 cm³/mol. The molecule has 314 valence electrons. The summed E-state index contributed by atoms with van der Waals surface area (Å²) in [5.41, 5.74) is 4.09. The number of nitrogens with one attached hydrogen (secondary N) is 2. The molecule has 0 saturated heterocycles. The number of pyridine rings is 2. The van der Waals surface area contributed by atoms with Crippen molar-refractivity contribution in [1.29, 1.82) is 0 Å². The second kappa shape index (κ2) is 18.2. The first-order valence-electron chi connectivity index (χ1n) is 18.0. The van der Waals surface area contributed by atoms with Crippen molar-refractivity contribution < 1.29 is 31.7 Å². The van der Waals surface area contributed by atoms with E-state index in [9.17, 15) is 22.2 Å². The molecule has 8 rings (SSSR count). The summed E-state index contributed by atoms with van der Waals surface area (Å²) in [5.74, 6) is -0.261. The normalized spacial score (nSPS) is 11.8. The van der Waals surface area contributed by atoms with E-state index in [0.29, 0.717) is 40.6 Å². The number of aromatic nitrogens is 14. The number of ether oxygens (including phenoxy) is 2. The average molecular weight is 869 g/mol. The molecule has 0 aliphatic rings. The number of imidazole rings is 2. The number of nitrogens with zero attached hydrogens (tertiary/aromatic N) is 14. The van der Waals surface area contributed by atoms with Gasteiger partial charge in [0.2, 0.25) is 11.8 Å². The van der Waals surface area contributed by atoms with Gasteiger partial charge in [0.15, 0.2) is 9.84 Å². The van der Waals surface area contributed by atoms with Crippen LogP contribution in [0.2, 0.25) is 0 Å². The molecule has 61 heavy (non-hydrogen) atoms. The third-order valence-electron chi connectivity index (χ3n) is 8.23. The summed E-state index contributed by atoms with van der Waals surface area (Å²) >= 11 is 0. The van der Waals surface area contributed by atoms with Crippen LogP contribution in [0.15, 0.2) is 84.9 Å². The van der Waals surface area contributed by atoms with E-state index >= 15 is 0 Å². The summed E-state index contributed by atoms with van der Waals surface area (Å²) in [7, 11) is -1.23. The molecular formula is C36H36N16O7S2. The number of rotatable bonds is 14. The van der Waals surface area contributed by atoms with Crippen LogP contribution in [0.1, 0.15) is 11.4 Å². The Morgan fingerprint density at radius 2 is 1.11 bits per heavy atom. The van der Waals surface area contributed by atoms with Gasteiger partial charge < -0.3 is 20.1 Å². The van der Waals surface area contributed by atoms with Gasteiger partial charge in [0.1, 0.15) is 36.4 Å². The maximum atomic E-state index is 11.8. The number of hydrogen-bond acceptors (Lipinski definition) is 17. The summed E-state index contributed by atoms with van der Waals surface area (Å²) in [6.07, 6.45) is 2.46. The molecule has 2 aromatic carbocycles. The van der Waals surface area contributed by atoms with Crippen LogP contribution in [0, 0.1) is 0 Å². The zero-order valence-electron chi connectivity index (χ0n) is 32.8. The van der Waals surface area contributed by atoms with Crippen molar-refractivity contribution in [1.82, 2.24) is 69.5 Å². The lowest BCUT2D eigenvalue weighted by atomic mass is 10.3. The molecule has 2 N–H and O–H groups in total. The van der Waals surface area contributed by atoms with Gasteiger partial charge in [-0.05, 0) is 69.4 Å². The molecule has 1 atom stereocenters. The van der Waals surface area contributed by atoms with Crippen LogP contribution in [0.4, 0.5) is 11.6 Å². The van der Waals surface area contributed by atoms with Crippen LogP contribution < -0.4 is 20.1 Å². The molecule has 0 aliphatic heterocycles. The van der Waals surface area contributed by atoms with Crippen molar-refractivity contribution in [2.45, 2.75) is 13.2 Å². The zero-order valence-corrected chi connectivity index (χ0v) is 34.5. The number of fused-ring (bicyclic) bond motifs is 2. The molecule has 0 saturated carbocycles. The van der Waals surface area contributed by atoms with E-state index in [-0.39, 0.29) is 36.7 Å². The van der Waals surface area contributed by atoms with Crippen molar-refractivity contribution in [2.24, 2.45) is 14.1 Å². The van der Waals surface area contributed by atoms with E-state index in [1.54, 1.807) is 59.6 Å². The lowest BCUT2D eigenvalue weighted by Crippen LogP contribution is -2.22. The molecule has 1 unspecified atom stereocenters. The first kappa shape index (κ1) is 41.6. The molecule has 2 amide bonds. The Morgan fingerprint density at radius 1 is 0.656 bits per heavy atom. The Kier molecular flexibility index (Phi) is 12.4. The van der Waals surface area contributed by atoms with Gasteiger partial charge in [-0.15, -0.1) is 0 Å². The largest absolute Gasteiger partial charge is 0.458 e. The van der Waals surface area contributed by atoms with Crippen LogP contribution in [0.5, 0.6) is 12.0 Å². The third-order valence-corrected chi connectivity index (χ3v) is 9.69. The minimum atomic E-state index is -3.44. The Labute approximate surface area is 348 Å². The van der Waals surface area contributed by atoms with Gasteiger partial charge >= 0.3 is 12.0 Å². The van der Waals surface area contributed by atoms with Gasteiger partial charge in [-0.1, -0.05) is 46.6 Å². The number of anilines is 2. The summed E-state index contributed by atoms with van der Waals surface area (Å²) in [6, 6.07) is 25.7. The molecule has 0 radical (unpaired) electrons. The number of tetrazole rings is 2. The number of hydrogen-bond donors (Lipinski definition) is 2. The zero-order chi connectivity index (χ0) is 43.1. The highest BCUT2D eigenvalue weighted by Crippen LogP contribution is 2.26. The molecular weight excluding hydrogens is 833 g/mol. The smallest absolute Gasteiger partial charge is 0.305 e. The van der Waals surface area contributed by atoms with Crippen LogP contribution in [0.3, 0.4) is 0 Å². The number of carbonyl (C=O) groups excluding carboxylic acids is 2. The topological polar surface area (TPSA) is 276 Å². The standard InChI is InChI=1S/C18H18N8O4S.C18H18N8O3S/c1-25-17(22-23-24-25)26-14-8-4-3-7-13(14)20-18(26)30-10-12-6-5-9-15(19-12)21-16(27)11-31(2,28)29;1-25-17(22-23-24-25)26-14-8-4-3-7-13(14)20-18(26)29-10-12-6-5-9-15(19-12)21-16(27)11-30(2)28/h3-9H,10-11H2,1-2H3,(H,19,21,27);3-9H,10-11H2,1-2H3,(H,19,21,27). The van der Waals surface area contributed by atoms with Crippen molar-refractivity contribution in [2.75, 3.05) is 34.7 Å². The number of benzene rings is 2. The van der Waals surface area contributed by atoms with E-state index in [2.05, 4.69) is 61.6 Å². The molecule has 0 fully saturated rings. The van der Waals surface area contributed by atoms with Crippen molar-refractivity contribution >= 4 is 66.2 Å². The summed E-state index contributed by atoms with van der Waals surface area (Å²) in [5, 5.41) is 28.3. The fraction of sp³-hybridized carbons (Fsp3) is 0.222. The Balaban J connectivity index is 0.000000184. The quantitative estimate of drug-likeness (QED) is 0.156. The van der Waals surface area contributed by atoms with Gasteiger partial charge in [0.25, 0.3) is 11.9 Å². The molecule has 0 spiro atoms. The summed E-state index contributed by atoms with van der Waals surface area (Å²) in [4.78, 5) is 41.3. The second-order valence-electron chi connectivity index (χ2n) is 13.1. The highest BCUT2D eigenvalue weighted by Gasteiger charge is 2.20. The molecule has 25 heteroatoms. The van der Waals surface area contributed by atoms with Crippen LogP contribution in [-0.2, 0) is 57.5 Å². The minimum Gasteiger partial charge on any atom is -0.458 e. The van der Waals surface area contributed by atoms with E-state index in [4.69, 9.17) is 9.47 Å². The highest BCUT2D eigenvalue weighted by molar-refractivity contribution is 7.91. The fourth-order valence-corrected chi connectivity index (χ4v) is 6.72. The fourth-order valence-electron chi connectivity index (χ4n) is 5.73. The van der Waals surface area contributed by atoms with Gasteiger partial charge in [0.05, 0.1) is 33.5 Å². The maximum absolute atomic E-state index is 11.8. The van der Waals surface area contributed by atoms with Gasteiger partial charge in [-0.3, -0.25) is 13.8 Å². The third kappa shape index (κ3) is 10.4. The summed E-state index contributed by atoms with van der Waals surface area (Å²) in [6.45, 7) is 0.155. The highest BCUT2D eigenvalue weighted by atomic mass is 32.2. The van der Waals surface area contributed by atoms with E-state index in [1.165, 1.54) is 15.6 Å².